The van der Waals surface area contributed by atoms with E-state index in [1.165, 1.54) is 5.56 Å². The lowest BCUT2D eigenvalue weighted by atomic mass is 10.0. The monoisotopic (exact) mass is 264 g/mol. The second kappa shape index (κ2) is 5.27. The van der Waals surface area contributed by atoms with Crippen LogP contribution in [0.5, 0.6) is 0 Å². The third-order valence-electron chi connectivity index (χ3n) is 2.70. The second-order valence-electron chi connectivity index (χ2n) is 4.35. The van der Waals surface area contributed by atoms with Gasteiger partial charge in [-0.05, 0) is 43.4 Å². The molecule has 2 rings (SSSR count). The number of nitrogens with zero attached hydrogens (tertiary/aromatic N) is 2. The average molecular weight is 264 g/mol. The molecule has 2 aromatic rings. The molecule has 0 bridgehead atoms. The number of thiol groups is 1. The summed E-state index contributed by atoms with van der Waals surface area (Å²) in [4.78, 5) is 8.81. The normalized spacial score (nSPS) is 11.9. The Balaban J connectivity index is 2.35. The molecular formula is C13H16N2S2. The van der Waals surface area contributed by atoms with Crippen LogP contribution in [0.1, 0.15) is 19.4 Å². The van der Waals surface area contributed by atoms with E-state index in [4.69, 9.17) is 0 Å². The first-order chi connectivity index (χ1) is 8.13. The first kappa shape index (κ1) is 12.7. The van der Waals surface area contributed by atoms with Crippen LogP contribution in [-0.2, 0) is 4.75 Å². The molecule has 0 saturated heterocycles. The standard InChI is InChI=1S/C13H16N2S2/c1-13(2,17-7-6-16)10-8-12-11(15-9-10)4-3-5-14-12/h3-5,8-9,16H,6-7H2,1-2H3. The van der Waals surface area contributed by atoms with Crippen LogP contribution < -0.4 is 0 Å². The summed E-state index contributed by atoms with van der Waals surface area (Å²) in [5.41, 5.74) is 3.13. The Morgan fingerprint density at radius 1 is 1.29 bits per heavy atom. The maximum Gasteiger partial charge on any atom is 0.0889 e. The second-order valence-corrected chi connectivity index (χ2v) is 6.51. The van der Waals surface area contributed by atoms with Crippen LogP contribution >= 0.6 is 24.4 Å². The molecule has 4 heteroatoms. The molecule has 0 aliphatic carbocycles. The van der Waals surface area contributed by atoms with E-state index in [9.17, 15) is 0 Å². The quantitative estimate of drug-likeness (QED) is 0.856. The lowest BCUT2D eigenvalue weighted by Gasteiger charge is -2.24. The zero-order valence-corrected chi connectivity index (χ0v) is 11.8. The molecular weight excluding hydrogens is 248 g/mol. The van der Waals surface area contributed by atoms with Gasteiger partial charge in [-0.3, -0.25) is 9.97 Å². The van der Waals surface area contributed by atoms with Crippen molar-refractivity contribution in [3.63, 3.8) is 0 Å². The summed E-state index contributed by atoms with van der Waals surface area (Å²) < 4.78 is 0.0570. The summed E-state index contributed by atoms with van der Waals surface area (Å²) in [6, 6.07) is 6.03. The van der Waals surface area contributed by atoms with Crippen molar-refractivity contribution in [3.8, 4) is 0 Å². The molecule has 0 saturated carbocycles. The Hall–Kier alpha value is -0.740. The predicted octanol–water partition coefficient (Wildman–Crippen LogP) is 3.53. The summed E-state index contributed by atoms with van der Waals surface area (Å²) in [5.74, 6) is 1.93. The van der Waals surface area contributed by atoms with E-state index in [0.29, 0.717) is 0 Å². The van der Waals surface area contributed by atoms with Gasteiger partial charge in [-0.15, -0.1) is 0 Å². The number of hydrogen-bond donors (Lipinski definition) is 1. The molecule has 0 amide bonds. The number of fused-ring (bicyclic) bond motifs is 1. The Morgan fingerprint density at radius 2 is 2.12 bits per heavy atom. The lowest BCUT2D eigenvalue weighted by molar-refractivity contribution is 0.779. The largest absolute Gasteiger partial charge is 0.255 e. The maximum absolute atomic E-state index is 4.46. The van der Waals surface area contributed by atoms with Gasteiger partial charge in [-0.1, -0.05) is 0 Å². The van der Waals surface area contributed by atoms with Gasteiger partial charge in [0.05, 0.1) is 11.0 Å². The Bertz CT molecular complexity index is 512. The number of rotatable bonds is 4. The van der Waals surface area contributed by atoms with Gasteiger partial charge in [0.2, 0.25) is 0 Å². The Labute approximate surface area is 112 Å². The molecule has 0 unspecified atom stereocenters. The van der Waals surface area contributed by atoms with Gasteiger partial charge in [0.25, 0.3) is 0 Å². The van der Waals surface area contributed by atoms with Crippen LogP contribution in [-0.4, -0.2) is 21.5 Å². The van der Waals surface area contributed by atoms with Gasteiger partial charge in [-0.25, -0.2) is 0 Å². The van der Waals surface area contributed by atoms with Crippen molar-refractivity contribution in [2.75, 3.05) is 11.5 Å². The third kappa shape index (κ3) is 2.93. The van der Waals surface area contributed by atoms with Crippen molar-refractivity contribution in [2.45, 2.75) is 18.6 Å². The summed E-state index contributed by atoms with van der Waals surface area (Å²) >= 11 is 6.15. The number of thioether (sulfide) groups is 1. The average Bonchev–Trinajstić information content (AvgIpc) is 2.36. The molecule has 90 valence electrons. The summed E-state index contributed by atoms with van der Waals surface area (Å²) in [6.07, 6.45) is 3.76. The van der Waals surface area contributed by atoms with Crippen LogP contribution in [0.15, 0.2) is 30.6 Å². The van der Waals surface area contributed by atoms with E-state index in [0.717, 1.165) is 22.5 Å². The molecule has 0 aliphatic heterocycles. The molecule has 0 fully saturated rings. The van der Waals surface area contributed by atoms with E-state index in [2.05, 4.69) is 42.5 Å². The molecule has 0 radical (unpaired) electrons. The van der Waals surface area contributed by atoms with Gasteiger partial charge in [0.1, 0.15) is 0 Å². The van der Waals surface area contributed by atoms with Gasteiger partial charge in [0.15, 0.2) is 0 Å². The van der Waals surface area contributed by atoms with Gasteiger partial charge in [0, 0.05) is 22.9 Å². The zero-order valence-electron chi connectivity index (χ0n) is 10.1. The fraction of sp³-hybridized carbons (Fsp3) is 0.385. The van der Waals surface area contributed by atoms with Crippen LogP contribution in [0.2, 0.25) is 0 Å². The molecule has 2 nitrogen and oxygen atoms in total. The van der Waals surface area contributed by atoms with Crippen molar-refractivity contribution >= 4 is 35.4 Å². The topological polar surface area (TPSA) is 25.8 Å². The van der Waals surface area contributed by atoms with Crippen LogP contribution in [0.4, 0.5) is 0 Å². The van der Waals surface area contributed by atoms with E-state index in [1.54, 1.807) is 0 Å². The predicted molar refractivity (Wildman–Crippen MR) is 78.9 cm³/mol. The molecule has 0 atom stereocenters. The van der Waals surface area contributed by atoms with Gasteiger partial charge >= 0.3 is 0 Å². The molecule has 2 aromatic heterocycles. The molecule has 17 heavy (non-hydrogen) atoms. The number of hydrogen-bond acceptors (Lipinski definition) is 4. The number of aromatic nitrogens is 2. The summed E-state index contributed by atoms with van der Waals surface area (Å²) in [7, 11) is 0. The highest BCUT2D eigenvalue weighted by molar-refractivity contribution is 8.00. The van der Waals surface area contributed by atoms with Crippen molar-refractivity contribution in [2.24, 2.45) is 0 Å². The molecule has 0 N–H and O–H groups in total. The minimum absolute atomic E-state index is 0.0570. The molecule has 2 heterocycles. The Morgan fingerprint density at radius 3 is 2.88 bits per heavy atom. The van der Waals surface area contributed by atoms with Crippen molar-refractivity contribution < 1.29 is 0 Å². The van der Waals surface area contributed by atoms with Gasteiger partial charge < -0.3 is 0 Å². The van der Waals surface area contributed by atoms with Crippen molar-refractivity contribution in [3.05, 3.63) is 36.2 Å². The highest BCUT2D eigenvalue weighted by atomic mass is 32.2. The Kier molecular flexibility index (Phi) is 3.94. The molecule has 0 aromatic carbocycles. The van der Waals surface area contributed by atoms with E-state index in [1.807, 2.05) is 36.3 Å². The van der Waals surface area contributed by atoms with E-state index >= 15 is 0 Å². The van der Waals surface area contributed by atoms with Crippen LogP contribution in [0.3, 0.4) is 0 Å². The van der Waals surface area contributed by atoms with E-state index in [-0.39, 0.29) is 4.75 Å². The van der Waals surface area contributed by atoms with Crippen molar-refractivity contribution in [1.82, 2.24) is 9.97 Å². The van der Waals surface area contributed by atoms with Gasteiger partial charge in [-0.2, -0.15) is 24.4 Å². The summed E-state index contributed by atoms with van der Waals surface area (Å²) in [6.45, 7) is 4.43. The van der Waals surface area contributed by atoms with Crippen LogP contribution in [0.25, 0.3) is 11.0 Å². The van der Waals surface area contributed by atoms with E-state index < -0.39 is 0 Å². The van der Waals surface area contributed by atoms with Crippen molar-refractivity contribution in [1.29, 1.82) is 0 Å². The first-order valence-corrected chi connectivity index (χ1v) is 7.21. The molecule has 0 aliphatic rings. The highest BCUT2D eigenvalue weighted by Gasteiger charge is 2.21. The fourth-order valence-electron chi connectivity index (χ4n) is 1.67. The lowest BCUT2D eigenvalue weighted by Crippen LogP contribution is -2.13. The molecule has 0 spiro atoms. The fourth-order valence-corrected chi connectivity index (χ4v) is 2.82. The van der Waals surface area contributed by atoms with Crippen LogP contribution in [0, 0.1) is 0 Å². The smallest absolute Gasteiger partial charge is 0.0889 e. The highest BCUT2D eigenvalue weighted by Crippen LogP contribution is 2.35. The summed E-state index contributed by atoms with van der Waals surface area (Å²) in [5, 5.41) is 0. The zero-order chi connectivity index (χ0) is 12.3. The number of pyridine rings is 2. The minimum atomic E-state index is 0.0570. The minimum Gasteiger partial charge on any atom is -0.255 e. The maximum atomic E-state index is 4.46. The first-order valence-electron chi connectivity index (χ1n) is 5.59. The third-order valence-corrected chi connectivity index (χ3v) is 4.59. The SMILES string of the molecule is CC(C)(SCCS)c1cnc2cccnc2c1.